The molecule has 3 aliphatic rings. The van der Waals surface area contributed by atoms with Gasteiger partial charge >= 0.3 is 0 Å². The molecule has 2 fully saturated rings. The molecule has 178 valence electrons. The molecule has 5 rings (SSSR count). The first-order valence-corrected chi connectivity index (χ1v) is 14.2. The monoisotopic (exact) mass is 507 g/mol. The Morgan fingerprint density at radius 2 is 1.39 bits per heavy atom. The van der Waals surface area contributed by atoms with Gasteiger partial charge in [0.05, 0.1) is 4.90 Å². The Hall–Kier alpha value is -1.31. The number of nitrogens with zero attached hydrogens (tertiary/aromatic N) is 3. The van der Waals surface area contributed by atoms with E-state index in [4.69, 9.17) is 23.2 Å². The zero-order valence-electron chi connectivity index (χ0n) is 18.8. The number of hydrogen-bond donors (Lipinski definition) is 0. The van der Waals surface area contributed by atoms with E-state index in [2.05, 4.69) is 28.0 Å². The van der Waals surface area contributed by atoms with Gasteiger partial charge in [0.15, 0.2) is 0 Å². The van der Waals surface area contributed by atoms with Crippen LogP contribution >= 0.6 is 23.2 Å². The van der Waals surface area contributed by atoms with E-state index in [1.807, 2.05) is 0 Å². The number of halogens is 2. The largest absolute Gasteiger partial charge is 0.369 e. The van der Waals surface area contributed by atoms with Gasteiger partial charge in [-0.2, -0.15) is 4.31 Å². The van der Waals surface area contributed by atoms with Crippen molar-refractivity contribution >= 4 is 38.9 Å². The lowest BCUT2D eigenvalue weighted by Gasteiger charge is -2.35. The van der Waals surface area contributed by atoms with E-state index in [1.54, 1.807) is 6.07 Å². The van der Waals surface area contributed by atoms with E-state index in [-0.39, 0.29) is 4.90 Å². The van der Waals surface area contributed by atoms with Crippen LogP contribution in [-0.2, 0) is 22.9 Å². The molecular formula is C25H31Cl2N3O2S. The molecule has 0 atom stereocenters. The first-order valence-electron chi connectivity index (χ1n) is 12.0. The molecule has 0 N–H and O–H groups in total. The summed E-state index contributed by atoms with van der Waals surface area (Å²) in [6.45, 7) is 4.54. The molecule has 0 unspecified atom stereocenters. The topological polar surface area (TPSA) is 43.9 Å². The van der Waals surface area contributed by atoms with Crippen LogP contribution in [0.1, 0.15) is 36.8 Å². The minimum atomic E-state index is -3.61. The Kier molecular flexibility index (Phi) is 6.92. The van der Waals surface area contributed by atoms with Crippen molar-refractivity contribution in [2.24, 2.45) is 0 Å². The predicted octanol–water partition coefficient (Wildman–Crippen LogP) is 4.85. The van der Waals surface area contributed by atoms with Crippen LogP contribution in [0.25, 0.3) is 0 Å². The van der Waals surface area contributed by atoms with Gasteiger partial charge in [-0.25, -0.2) is 8.42 Å². The predicted molar refractivity (Wildman–Crippen MR) is 135 cm³/mol. The Morgan fingerprint density at radius 3 is 2.06 bits per heavy atom. The molecule has 1 saturated carbocycles. The summed E-state index contributed by atoms with van der Waals surface area (Å²) in [5, 5.41) is 0.660. The second-order valence-corrected chi connectivity index (χ2v) is 12.2. The maximum absolute atomic E-state index is 13.1. The second kappa shape index (κ2) is 9.74. The van der Waals surface area contributed by atoms with Gasteiger partial charge in [-0.05, 0) is 67.1 Å². The molecule has 8 heteroatoms. The van der Waals surface area contributed by atoms with Crippen LogP contribution in [0.3, 0.4) is 0 Å². The summed E-state index contributed by atoms with van der Waals surface area (Å²) in [7, 11) is -3.61. The van der Waals surface area contributed by atoms with Gasteiger partial charge in [-0.1, -0.05) is 42.1 Å². The summed E-state index contributed by atoms with van der Waals surface area (Å²) in [6.07, 6.45) is 7.70. The summed E-state index contributed by atoms with van der Waals surface area (Å²) in [5.74, 6) is 0. The number of hydrogen-bond acceptors (Lipinski definition) is 4. The number of rotatable bonds is 4. The third-order valence-electron chi connectivity index (χ3n) is 7.45. The Balaban J connectivity index is 1.25. The summed E-state index contributed by atoms with van der Waals surface area (Å²) in [4.78, 5) is 5.17. The van der Waals surface area contributed by atoms with Crippen LogP contribution in [-0.4, -0.2) is 62.9 Å². The molecule has 0 spiro atoms. The summed E-state index contributed by atoms with van der Waals surface area (Å²) >= 11 is 12.1. The highest BCUT2D eigenvalue weighted by Gasteiger charge is 2.30. The van der Waals surface area contributed by atoms with Crippen LogP contribution < -0.4 is 4.90 Å². The van der Waals surface area contributed by atoms with Crippen molar-refractivity contribution in [1.29, 1.82) is 0 Å². The maximum atomic E-state index is 13.1. The number of benzene rings is 2. The number of sulfonamides is 1. The van der Waals surface area contributed by atoms with E-state index in [1.165, 1.54) is 65.5 Å². The van der Waals surface area contributed by atoms with Crippen molar-refractivity contribution < 1.29 is 8.42 Å². The van der Waals surface area contributed by atoms with Crippen molar-refractivity contribution in [2.45, 2.75) is 49.5 Å². The molecule has 2 aliphatic heterocycles. The van der Waals surface area contributed by atoms with Crippen molar-refractivity contribution in [3.8, 4) is 0 Å². The number of fused-ring (bicyclic) bond motifs is 1. The van der Waals surface area contributed by atoms with Crippen LogP contribution in [0.4, 0.5) is 5.69 Å². The zero-order valence-corrected chi connectivity index (χ0v) is 21.2. The highest BCUT2D eigenvalue weighted by atomic mass is 35.5. The van der Waals surface area contributed by atoms with E-state index >= 15 is 0 Å². The van der Waals surface area contributed by atoms with Crippen LogP contribution in [0.2, 0.25) is 10.0 Å². The molecule has 0 radical (unpaired) electrons. The van der Waals surface area contributed by atoms with Gasteiger partial charge in [0, 0.05) is 61.0 Å². The fraction of sp³-hybridized carbons (Fsp3) is 0.520. The van der Waals surface area contributed by atoms with Crippen molar-refractivity contribution in [1.82, 2.24) is 9.21 Å². The first-order chi connectivity index (χ1) is 15.9. The zero-order chi connectivity index (χ0) is 23.0. The minimum Gasteiger partial charge on any atom is -0.369 e. The number of anilines is 1. The van der Waals surface area contributed by atoms with Gasteiger partial charge < -0.3 is 4.90 Å². The Morgan fingerprint density at radius 1 is 0.758 bits per heavy atom. The van der Waals surface area contributed by atoms with E-state index < -0.39 is 10.0 Å². The summed E-state index contributed by atoms with van der Waals surface area (Å²) < 4.78 is 27.7. The van der Waals surface area contributed by atoms with Gasteiger partial charge in [-0.15, -0.1) is 0 Å². The van der Waals surface area contributed by atoms with Crippen LogP contribution in [0.15, 0.2) is 41.3 Å². The average Bonchev–Trinajstić information content (AvgIpc) is 3.25. The maximum Gasteiger partial charge on any atom is 0.243 e. The first kappa shape index (κ1) is 23.4. The van der Waals surface area contributed by atoms with Crippen LogP contribution in [0.5, 0.6) is 0 Å². The minimum absolute atomic E-state index is 0.158. The molecule has 0 amide bonds. The molecule has 33 heavy (non-hydrogen) atoms. The summed E-state index contributed by atoms with van der Waals surface area (Å²) in [6, 6.07) is 12.1. The molecule has 2 aromatic carbocycles. The molecule has 5 nitrogen and oxygen atoms in total. The Labute approximate surface area is 207 Å². The second-order valence-electron chi connectivity index (χ2n) is 9.42. The fourth-order valence-electron chi connectivity index (χ4n) is 5.57. The fourth-order valence-corrected chi connectivity index (χ4v) is 7.72. The summed E-state index contributed by atoms with van der Waals surface area (Å²) in [5.41, 5.74) is 4.13. The van der Waals surface area contributed by atoms with Gasteiger partial charge in [-0.3, -0.25) is 4.90 Å². The van der Waals surface area contributed by atoms with E-state index in [0.717, 1.165) is 25.4 Å². The van der Waals surface area contributed by atoms with Crippen molar-refractivity contribution in [2.75, 3.05) is 44.2 Å². The van der Waals surface area contributed by atoms with Crippen LogP contribution in [0, 0.1) is 0 Å². The van der Waals surface area contributed by atoms with Gasteiger partial charge in [0.1, 0.15) is 0 Å². The molecule has 1 saturated heterocycles. The lowest BCUT2D eigenvalue weighted by atomic mass is 10.0. The third-order valence-corrected chi connectivity index (χ3v) is 9.76. The molecule has 0 aromatic heterocycles. The standard InChI is InChI=1S/C25H31Cl2N3O2S/c26-21-16-22(27)18-25(17-21)33(31,32)30-13-11-29(12-14-30)24-6-5-19-7-9-28(10-8-20(19)15-24)23-3-1-2-4-23/h5-6,15-18,23H,1-4,7-14H2. The molecule has 0 bridgehead atoms. The average molecular weight is 509 g/mol. The molecule has 1 aliphatic carbocycles. The normalized spacial score (nSPS) is 21.2. The van der Waals surface area contributed by atoms with Crippen molar-refractivity contribution in [3.05, 3.63) is 57.6 Å². The third kappa shape index (κ3) is 5.06. The van der Waals surface area contributed by atoms with Crippen molar-refractivity contribution in [3.63, 3.8) is 0 Å². The quantitative estimate of drug-likeness (QED) is 0.593. The lowest BCUT2D eigenvalue weighted by molar-refractivity contribution is 0.208. The highest BCUT2D eigenvalue weighted by Crippen LogP contribution is 2.30. The van der Waals surface area contributed by atoms with Gasteiger partial charge in [0.2, 0.25) is 10.0 Å². The molecule has 2 heterocycles. The van der Waals surface area contributed by atoms with E-state index in [9.17, 15) is 8.42 Å². The smallest absolute Gasteiger partial charge is 0.243 e. The highest BCUT2D eigenvalue weighted by molar-refractivity contribution is 7.89. The van der Waals surface area contributed by atoms with Gasteiger partial charge in [0.25, 0.3) is 0 Å². The Bertz CT molecular complexity index is 1090. The lowest BCUT2D eigenvalue weighted by Crippen LogP contribution is -2.48. The van der Waals surface area contributed by atoms with E-state index in [0.29, 0.717) is 36.2 Å². The SMILES string of the molecule is O=S(=O)(c1cc(Cl)cc(Cl)c1)N1CCN(c2ccc3c(c2)CCN(C2CCCC2)CC3)CC1. The molecule has 2 aromatic rings. The molecular weight excluding hydrogens is 477 g/mol. The number of piperazine rings is 1.